The lowest BCUT2D eigenvalue weighted by Gasteiger charge is -2.02. The average Bonchev–Trinajstić information content (AvgIpc) is 3.04. The van der Waals surface area contributed by atoms with Gasteiger partial charge in [0.2, 0.25) is 0 Å². The van der Waals surface area contributed by atoms with E-state index in [-0.39, 0.29) is 0 Å². The number of rotatable bonds is 1. The van der Waals surface area contributed by atoms with Crippen molar-refractivity contribution in [2.75, 3.05) is 0 Å². The van der Waals surface area contributed by atoms with Crippen LogP contribution in [0.2, 0.25) is 0 Å². The fourth-order valence-corrected chi connectivity index (χ4v) is 2.66. The van der Waals surface area contributed by atoms with Crippen LogP contribution in [0.4, 0.5) is 0 Å². The molecule has 0 saturated heterocycles. The Labute approximate surface area is 105 Å². The number of fused-ring (bicyclic) bond motifs is 2. The quantitative estimate of drug-likeness (QED) is 0.695. The molecule has 1 aliphatic heterocycles. The molecule has 0 spiro atoms. The SMILES string of the molecule is c1ccc2c(-c3ccc4c(c3)CNC4)coc2c1. The molecule has 0 saturated carbocycles. The van der Waals surface area contributed by atoms with Gasteiger partial charge in [-0.3, -0.25) is 0 Å². The van der Waals surface area contributed by atoms with E-state index in [0.29, 0.717) is 0 Å². The molecule has 2 aromatic carbocycles. The van der Waals surface area contributed by atoms with E-state index in [0.717, 1.165) is 18.7 Å². The Balaban J connectivity index is 1.92. The van der Waals surface area contributed by atoms with Gasteiger partial charge >= 0.3 is 0 Å². The highest BCUT2D eigenvalue weighted by molar-refractivity contribution is 5.94. The van der Waals surface area contributed by atoms with E-state index >= 15 is 0 Å². The predicted molar refractivity (Wildman–Crippen MR) is 72.2 cm³/mol. The first kappa shape index (κ1) is 9.92. The van der Waals surface area contributed by atoms with Crippen molar-refractivity contribution < 1.29 is 4.42 Å². The third-order valence-corrected chi connectivity index (χ3v) is 3.63. The lowest BCUT2D eigenvalue weighted by molar-refractivity contribution is 0.617. The Hall–Kier alpha value is -2.06. The number of para-hydroxylation sites is 1. The number of benzene rings is 2. The molecule has 0 atom stereocenters. The van der Waals surface area contributed by atoms with Crippen molar-refractivity contribution in [3.63, 3.8) is 0 Å². The fourth-order valence-electron chi connectivity index (χ4n) is 2.66. The highest BCUT2D eigenvalue weighted by Crippen LogP contribution is 2.32. The molecule has 18 heavy (non-hydrogen) atoms. The number of furan rings is 1. The Morgan fingerprint density at radius 2 is 1.83 bits per heavy atom. The van der Waals surface area contributed by atoms with Gasteiger partial charge in [0.15, 0.2) is 0 Å². The molecule has 1 N–H and O–H groups in total. The number of nitrogens with one attached hydrogen (secondary N) is 1. The van der Waals surface area contributed by atoms with Crippen LogP contribution >= 0.6 is 0 Å². The summed E-state index contributed by atoms with van der Waals surface area (Å²) in [6, 6.07) is 14.8. The zero-order valence-corrected chi connectivity index (χ0v) is 9.94. The molecule has 2 nitrogen and oxygen atoms in total. The molecule has 2 heterocycles. The largest absolute Gasteiger partial charge is 0.464 e. The second-order valence-electron chi connectivity index (χ2n) is 4.73. The molecule has 88 valence electrons. The van der Waals surface area contributed by atoms with Crippen LogP contribution in [0.3, 0.4) is 0 Å². The Bertz CT molecular complexity index is 727. The van der Waals surface area contributed by atoms with Crippen molar-refractivity contribution in [2.45, 2.75) is 13.1 Å². The van der Waals surface area contributed by atoms with Gasteiger partial charge in [-0.05, 0) is 28.8 Å². The second kappa shape index (κ2) is 3.72. The first-order valence-electron chi connectivity index (χ1n) is 6.21. The zero-order chi connectivity index (χ0) is 11.9. The molecule has 0 radical (unpaired) electrons. The summed E-state index contributed by atoms with van der Waals surface area (Å²) in [7, 11) is 0. The first-order chi connectivity index (χ1) is 8.92. The van der Waals surface area contributed by atoms with Crippen LogP contribution in [-0.4, -0.2) is 0 Å². The van der Waals surface area contributed by atoms with Gasteiger partial charge < -0.3 is 9.73 Å². The third-order valence-electron chi connectivity index (χ3n) is 3.63. The summed E-state index contributed by atoms with van der Waals surface area (Å²) in [4.78, 5) is 0. The lowest BCUT2D eigenvalue weighted by Crippen LogP contribution is -1.99. The topological polar surface area (TPSA) is 25.2 Å². The second-order valence-corrected chi connectivity index (χ2v) is 4.73. The maximum absolute atomic E-state index is 5.61. The van der Waals surface area contributed by atoms with E-state index in [4.69, 9.17) is 4.42 Å². The van der Waals surface area contributed by atoms with Crippen LogP contribution in [0.1, 0.15) is 11.1 Å². The minimum Gasteiger partial charge on any atom is -0.464 e. The summed E-state index contributed by atoms with van der Waals surface area (Å²) >= 11 is 0. The molecule has 1 aromatic heterocycles. The van der Waals surface area contributed by atoms with Crippen molar-refractivity contribution in [3.05, 3.63) is 59.9 Å². The van der Waals surface area contributed by atoms with Crippen LogP contribution < -0.4 is 5.32 Å². The lowest BCUT2D eigenvalue weighted by atomic mass is 10.0. The molecule has 0 aliphatic carbocycles. The molecule has 2 heteroatoms. The highest BCUT2D eigenvalue weighted by atomic mass is 16.3. The normalized spacial score (nSPS) is 14.0. The predicted octanol–water partition coefficient (Wildman–Crippen LogP) is 3.70. The van der Waals surface area contributed by atoms with Gasteiger partial charge in [0.05, 0.1) is 6.26 Å². The van der Waals surface area contributed by atoms with Gasteiger partial charge in [-0.1, -0.05) is 30.3 Å². The Morgan fingerprint density at radius 1 is 0.944 bits per heavy atom. The highest BCUT2D eigenvalue weighted by Gasteiger charge is 2.13. The minimum absolute atomic E-state index is 0.950. The summed E-state index contributed by atoms with van der Waals surface area (Å²) in [5.74, 6) is 0. The molecule has 0 fully saturated rings. The minimum atomic E-state index is 0.950. The number of hydrogen-bond donors (Lipinski definition) is 1. The van der Waals surface area contributed by atoms with Crippen LogP contribution in [0.15, 0.2) is 53.1 Å². The van der Waals surface area contributed by atoms with Crippen molar-refractivity contribution >= 4 is 11.0 Å². The molecular weight excluding hydrogens is 222 g/mol. The molecule has 1 aliphatic rings. The zero-order valence-electron chi connectivity index (χ0n) is 9.94. The van der Waals surface area contributed by atoms with Crippen LogP contribution in [0.25, 0.3) is 22.1 Å². The van der Waals surface area contributed by atoms with Gasteiger partial charge in [0.1, 0.15) is 5.58 Å². The first-order valence-corrected chi connectivity index (χ1v) is 6.21. The Morgan fingerprint density at radius 3 is 2.83 bits per heavy atom. The maximum atomic E-state index is 5.61. The van der Waals surface area contributed by atoms with E-state index in [2.05, 4.69) is 35.6 Å². The van der Waals surface area contributed by atoms with Crippen molar-refractivity contribution in [1.29, 1.82) is 0 Å². The molecule has 0 bridgehead atoms. The van der Waals surface area contributed by atoms with E-state index in [1.54, 1.807) is 0 Å². The summed E-state index contributed by atoms with van der Waals surface area (Å²) in [6.07, 6.45) is 1.86. The van der Waals surface area contributed by atoms with Crippen molar-refractivity contribution in [1.82, 2.24) is 5.32 Å². The monoisotopic (exact) mass is 235 g/mol. The van der Waals surface area contributed by atoms with Gasteiger partial charge in [-0.25, -0.2) is 0 Å². The summed E-state index contributed by atoms with van der Waals surface area (Å²) in [5, 5.41) is 4.56. The molecular formula is C16H13NO. The molecule has 4 rings (SSSR count). The van der Waals surface area contributed by atoms with E-state index < -0.39 is 0 Å². The van der Waals surface area contributed by atoms with Crippen LogP contribution in [0, 0.1) is 0 Å². The molecule has 0 unspecified atom stereocenters. The average molecular weight is 235 g/mol. The fraction of sp³-hybridized carbons (Fsp3) is 0.125. The van der Waals surface area contributed by atoms with E-state index in [1.807, 2.05) is 18.4 Å². The van der Waals surface area contributed by atoms with Gasteiger partial charge in [-0.15, -0.1) is 0 Å². The van der Waals surface area contributed by atoms with Crippen molar-refractivity contribution in [3.8, 4) is 11.1 Å². The van der Waals surface area contributed by atoms with Gasteiger partial charge in [-0.2, -0.15) is 0 Å². The van der Waals surface area contributed by atoms with E-state index in [1.165, 1.54) is 27.6 Å². The van der Waals surface area contributed by atoms with Crippen LogP contribution in [0.5, 0.6) is 0 Å². The summed E-state index contributed by atoms with van der Waals surface area (Å²) < 4.78 is 5.61. The smallest absolute Gasteiger partial charge is 0.134 e. The molecule has 3 aromatic rings. The maximum Gasteiger partial charge on any atom is 0.134 e. The van der Waals surface area contributed by atoms with Gasteiger partial charge in [0, 0.05) is 24.0 Å². The van der Waals surface area contributed by atoms with Gasteiger partial charge in [0.25, 0.3) is 0 Å². The summed E-state index contributed by atoms with van der Waals surface area (Å²) in [5.41, 5.74) is 6.18. The van der Waals surface area contributed by atoms with Crippen LogP contribution in [-0.2, 0) is 13.1 Å². The van der Waals surface area contributed by atoms with Crippen molar-refractivity contribution in [2.24, 2.45) is 0 Å². The standard InChI is InChI=1S/C16H13NO/c1-2-4-16-14(3-1)15(10-18-16)11-5-6-12-8-17-9-13(12)7-11/h1-7,10,17H,8-9H2. The molecule has 0 amide bonds. The van der Waals surface area contributed by atoms with E-state index in [9.17, 15) is 0 Å². The summed E-state index contributed by atoms with van der Waals surface area (Å²) in [6.45, 7) is 1.96. The number of hydrogen-bond acceptors (Lipinski definition) is 2. The Kier molecular flexibility index (Phi) is 2.05. The third kappa shape index (κ3) is 1.39.